The molecule has 1 spiro atoms. The van der Waals surface area contributed by atoms with Gasteiger partial charge in [-0.15, -0.1) is 0 Å². The highest BCUT2D eigenvalue weighted by Crippen LogP contribution is 2.68. The molecule has 65 heavy (non-hydrogen) atoms. The molecule has 0 unspecified atom stereocenters. The Morgan fingerprint density at radius 3 is 1.78 bits per heavy atom. The van der Waals surface area contributed by atoms with Crippen LogP contribution in [0.2, 0.25) is 0 Å². The standard InChI is InChI=1S/C59H61N5O/c1-55(2,3)35-28-41-42-29-36(56(4,5)6)31-46(58(10,11)12)52(42)59(51(41)45(30-35)57(7,8)9)43-25-23-38(33-49(43)63-34-62(13)47-20-16-19-44(59)53(47)63)65-37-22-24-39-40-18-17-27-61-54(40)64(48(39)32-37)50-21-14-15-26-60-50/h14-33H,34H2,1-13H3. The van der Waals surface area contributed by atoms with E-state index < -0.39 is 5.41 Å². The van der Waals surface area contributed by atoms with Gasteiger partial charge in [-0.05, 0) is 126 Å². The number of para-hydroxylation sites is 1. The Balaban J connectivity index is 1.21. The molecule has 1 aliphatic carbocycles. The summed E-state index contributed by atoms with van der Waals surface area (Å²) in [6, 6.07) is 40.7. The molecule has 0 amide bonds. The molecule has 8 aromatic rings. The van der Waals surface area contributed by atoms with Crippen LogP contribution in [0.25, 0.3) is 38.9 Å². The zero-order chi connectivity index (χ0) is 45.7. The summed E-state index contributed by atoms with van der Waals surface area (Å²) in [5.74, 6) is 2.37. The quantitative estimate of drug-likeness (QED) is 0.177. The minimum atomic E-state index is -0.612. The lowest BCUT2D eigenvalue weighted by Crippen LogP contribution is -2.40. The van der Waals surface area contributed by atoms with Gasteiger partial charge in [0.05, 0.1) is 34.7 Å². The molecule has 2 aliphatic heterocycles. The predicted molar refractivity (Wildman–Crippen MR) is 270 cm³/mol. The Morgan fingerprint density at radius 2 is 1.17 bits per heavy atom. The Morgan fingerprint density at radius 1 is 0.538 bits per heavy atom. The van der Waals surface area contributed by atoms with E-state index in [1.54, 1.807) is 0 Å². The molecule has 0 bridgehead atoms. The molecule has 0 atom stereocenters. The first-order valence-corrected chi connectivity index (χ1v) is 23.3. The zero-order valence-electron chi connectivity index (χ0n) is 40.4. The van der Waals surface area contributed by atoms with Gasteiger partial charge in [0, 0.05) is 42.3 Å². The van der Waals surface area contributed by atoms with Crippen molar-refractivity contribution in [2.75, 3.05) is 23.5 Å². The molecule has 0 fully saturated rings. The van der Waals surface area contributed by atoms with Crippen LogP contribution in [-0.2, 0) is 27.1 Å². The van der Waals surface area contributed by atoms with Crippen molar-refractivity contribution in [1.82, 2.24) is 14.5 Å². The first-order valence-electron chi connectivity index (χ1n) is 23.3. The fourth-order valence-electron chi connectivity index (χ4n) is 11.2. The molecule has 11 rings (SSSR count). The van der Waals surface area contributed by atoms with E-state index in [2.05, 4.69) is 189 Å². The molecule has 0 N–H and O–H groups in total. The van der Waals surface area contributed by atoms with Crippen molar-refractivity contribution in [3.63, 3.8) is 0 Å². The second kappa shape index (κ2) is 13.6. The number of hydrogen-bond donors (Lipinski definition) is 0. The average molecular weight is 856 g/mol. The maximum Gasteiger partial charge on any atom is 0.146 e. The maximum atomic E-state index is 7.02. The van der Waals surface area contributed by atoms with Crippen molar-refractivity contribution < 1.29 is 4.74 Å². The molecule has 0 saturated heterocycles. The molecule has 3 aromatic heterocycles. The van der Waals surface area contributed by atoms with Crippen LogP contribution in [0.1, 0.15) is 128 Å². The molecule has 5 heterocycles. The van der Waals surface area contributed by atoms with Crippen LogP contribution in [0.4, 0.5) is 17.1 Å². The van der Waals surface area contributed by atoms with Gasteiger partial charge in [-0.2, -0.15) is 0 Å². The van der Waals surface area contributed by atoms with Gasteiger partial charge in [0.2, 0.25) is 0 Å². The SMILES string of the molecule is CN1CN2c3cc(Oc4ccc5c6cccnc6n(-c6ccccn6)c5c4)ccc3C3(c4cccc1c42)c1c(cc(C(C)(C)C)cc1C(C)(C)C)-c1cc(C(C)(C)C)cc(C(C)(C)C)c13. The summed E-state index contributed by atoms with van der Waals surface area (Å²) in [7, 11) is 2.23. The van der Waals surface area contributed by atoms with Crippen molar-refractivity contribution in [2.45, 2.75) is 110 Å². The molecular formula is C59H61N5O. The molecule has 3 aliphatic rings. The number of pyridine rings is 2. The smallest absolute Gasteiger partial charge is 0.146 e. The summed E-state index contributed by atoms with van der Waals surface area (Å²) in [6.45, 7) is 29.4. The fourth-order valence-corrected chi connectivity index (χ4v) is 11.2. The number of hydrogen-bond acceptors (Lipinski definition) is 5. The highest BCUT2D eigenvalue weighted by Gasteiger charge is 2.57. The predicted octanol–water partition coefficient (Wildman–Crippen LogP) is 14.8. The van der Waals surface area contributed by atoms with Crippen LogP contribution in [0.5, 0.6) is 11.5 Å². The molecule has 6 nitrogen and oxygen atoms in total. The summed E-state index contributed by atoms with van der Waals surface area (Å²) in [6.07, 6.45) is 3.68. The molecule has 0 radical (unpaired) electrons. The molecule has 328 valence electrons. The van der Waals surface area contributed by atoms with E-state index in [0.717, 1.165) is 45.9 Å². The fraction of sp³-hybridized carbons (Fsp3) is 0.322. The van der Waals surface area contributed by atoms with Crippen LogP contribution in [0, 0.1) is 0 Å². The first kappa shape index (κ1) is 41.3. The van der Waals surface area contributed by atoms with Crippen LogP contribution in [-0.4, -0.2) is 28.3 Å². The zero-order valence-corrected chi connectivity index (χ0v) is 40.4. The van der Waals surface area contributed by atoms with E-state index in [9.17, 15) is 0 Å². The lowest BCUT2D eigenvalue weighted by Gasteiger charge is -2.46. The van der Waals surface area contributed by atoms with Crippen molar-refractivity contribution >= 4 is 39.0 Å². The maximum absolute atomic E-state index is 7.02. The lowest BCUT2D eigenvalue weighted by molar-refractivity contribution is 0.482. The average Bonchev–Trinajstić information content (AvgIpc) is 3.87. The van der Waals surface area contributed by atoms with Gasteiger partial charge in [0.15, 0.2) is 0 Å². The van der Waals surface area contributed by atoms with E-state index in [1.807, 2.05) is 36.7 Å². The van der Waals surface area contributed by atoms with Crippen LogP contribution >= 0.6 is 0 Å². The second-order valence-electron chi connectivity index (χ2n) is 22.9. The lowest BCUT2D eigenvalue weighted by atomic mass is 9.59. The number of rotatable bonds is 3. The van der Waals surface area contributed by atoms with E-state index in [1.165, 1.54) is 72.7 Å². The van der Waals surface area contributed by atoms with Crippen molar-refractivity contribution in [3.05, 3.63) is 166 Å². The van der Waals surface area contributed by atoms with Crippen molar-refractivity contribution in [1.29, 1.82) is 0 Å². The van der Waals surface area contributed by atoms with Gasteiger partial charge in [0.25, 0.3) is 0 Å². The summed E-state index contributed by atoms with van der Waals surface area (Å²) < 4.78 is 9.16. The van der Waals surface area contributed by atoms with Gasteiger partial charge in [-0.3, -0.25) is 4.57 Å². The van der Waals surface area contributed by atoms with Gasteiger partial charge in [0.1, 0.15) is 23.0 Å². The summed E-state index contributed by atoms with van der Waals surface area (Å²) in [5.41, 5.74) is 18.3. The van der Waals surface area contributed by atoms with Crippen molar-refractivity contribution in [2.24, 2.45) is 0 Å². The third-order valence-electron chi connectivity index (χ3n) is 14.4. The molecular weight excluding hydrogens is 795 g/mol. The Hall–Kier alpha value is -6.40. The molecule has 6 heteroatoms. The number of nitrogens with zero attached hydrogens (tertiary/aromatic N) is 5. The minimum absolute atomic E-state index is 0.0465. The van der Waals surface area contributed by atoms with E-state index in [0.29, 0.717) is 0 Å². The van der Waals surface area contributed by atoms with Crippen molar-refractivity contribution in [3.8, 4) is 28.4 Å². The number of anilines is 3. The number of benzene rings is 5. The van der Waals surface area contributed by atoms with Crippen LogP contribution in [0.15, 0.2) is 122 Å². The van der Waals surface area contributed by atoms with E-state index >= 15 is 0 Å². The summed E-state index contributed by atoms with van der Waals surface area (Å²) >= 11 is 0. The Bertz CT molecular complexity index is 3190. The third-order valence-corrected chi connectivity index (χ3v) is 14.4. The second-order valence-corrected chi connectivity index (χ2v) is 22.9. The topological polar surface area (TPSA) is 46.4 Å². The van der Waals surface area contributed by atoms with E-state index in [-0.39, 0.29) is 21.7 Å². The largest absolute Gasteiger partial charge is 0.457 e. The molecule has 5 aromatic carbocycles. The Kier molecular flexibility index (Phi) is 8.63. The molecule has 0 saturated carbocycles. The first-order chi connectivity index (χ1) is 30.7. The van der Waals surface area contributed by atoms with Gasteiger partial charge < -0.3 is 14.5 Å². The number of ether oxygens (including phenoxy) is 1. The number of aromatic nitrogens is 3. The van der Waals surface area contributed by atoms with Gasteiger partial charge in [-0.1, -0.05) is 132 Å². The van der Waals surface area contributed by atoms with Crippen LogP contribution < -0.4 is 14.5 Å². The normalized spacial score (nSPS) is 15.2. The van der Waals surface area contributed by atoms with E-state index in [4.69, 9.17) is 14.7 Å². The van der Waals surface area contributed by atoms with Crippen LogP contribution in [0.3, 0.4) is 0 Å². The minimum Gasteiger partial charge on any atom is -0.457 e. The summed E-state index contributed by atoms with van der Waals surface area (Å²) in [4.78, 5) is 14.5. The Labute approximate surface area is 384 Å². The highest BCUT2D eigenvalue weighted by molar-refractivity contribution is 6.08. The monoisotopic (exact) mass is 855 g/mol. The highest BCUT2D eigenvalue weighted by atomic mass is 16.5. The van der Waals surface area contributed by atoms with Gasteiger partial charge in [-0.25, -0.2) is 9.97 Å². The summed E-state index contributed by atoms with van der Waals surface area (Å²) in [5, 5.41) is 2.19. The van der Waals surface area contributed by atoms with Gasteiger partial charge >= 0.3 is 0 Å². The number of fused-ring (bicyclic) bond motifs is 12. The third kappa shape index (κ3) is 5.98.